The normalized spacial score (nSPS) is 11.5. The fourth-order valence-electron chi connectivity index (χ4n) is 0.555. The summed E-state index contributed by atoms with van der Waals surface area (Å²) in [4.78, 5) is 13.8. The molecule has 0 atom stereocenters. The van der Waals surface area contributed by atoms with Crippen molar-refractivity contribution >= 4 is 11.7 Å². The molecule has 0 aliphatic rings. The Labute approximate surface area is 86.2 Å². The first-order valence-electron chi connectivity index (χ1n) is 3.85. The average molecular weight is 224 g/mol. The number of carboxylic acid groups (broad SMARTS) is 1. The first kappa shape index (κ1) is 15.8. The van der Waals surface area contributed by atoms with Crippen molar-refractivity contribution in [1.29, 1.82) is 0 Å². The van der Waals surface area contributed by atoms with Gasteiger partial charge in [-0.3, -0.25) is 9.38 Å². The van der Waals surface area contributed by atoms with E-state index in [1.54, 1.807) is 0 Å². The maximum atomic E-state index is 11.6. The van der Waals surface area contributed by atoms with Crippen LogP contribution in [0.2, 0.25) is 0 Å². The van der Waals surface area contributed by atoms with Crippen molar-refractivity contribution in [2.24, 2.45) is 10.7 Å². The third-order valence-corrected chi connectivity index (χ3v) is 1.08. The topological polar surface area (TPSA) is 84.9 Å². The molecule has 0 aromatic heterocycles. The summed E-state index contributed by atoms with van der Waals surface area (Å²) >= 11 is 0. The molecule has 7 heteroatoms. The van der Waals surface area contributed by atoms with E-state index in [1.165, 1.54) is 7.05 Å². The molecule has 0 bridgehead atoms. The number of alkyl halides is 2. The van der Waals surface area contributed by atoms with E-state index in [2.05, 4.69) is 9.73 Å². The number of aliphatic carboxylic acids is 1. The molecule has 0 saturated heterocycles. The van der Waals surface area contributed by atoms with Gasteiger partial charge in [0.05, 0.1) is 7.18 Å². The summed E-state index contributed by atoms with van der Waals surface area (Å²) in [5.41, 5.74) is 4.96. The highest BCUT2D eigenvalue weighted by Gasteiger charge is 2.05. The van der Waals surface area contributed by atoms with Gasteiger partial charge in [0.25, 0.3) is 0 Å². The molecule has 0 aromatic carbocycles. The number of halogens is 2. The quantitative estimate of drug-likeness (QED) is 0.526. The minimum atomic E-state index is -1.21. The Bertz CT molecular complexity index is 242. The molecule has 0 rings (SSSR count). The zero-order valence-electron chi connectivity index (χ0n) is 8.54. The zero-order valence-corrected chi connectivity index (χ0v) is 8.54. The molecule has 0 unspecified atom stereocenters. The van der Waals surface area contributed by atoms with E-state index >= 15 is 0 Å². The number of carbonyl (C=O) groups is 1. The average Bonchev–Trinajstić information content (AvgIpc) is 2.25. The van der Waals surface area contributed by atoms with Crippen LogP contribution < -0.4 is 5.73 Å². The molecule has 0 aromatic rings. The summed E-state index contributed by atoms with van der Waals surface area (Å²) in [6.07, 6.45) is 1.03. The van der Waals surface area contributed by atoms with Crippen LogP contribution in [-0.4, -0.2) is 44.3 Å². The van der Waals surface area contributed by atoms with Gasteiger partial charge in [-0.25, -0.2) is 9.18 Å². The summed E-state index contributed by atoms with van der Waals surface area (Å²) in [7, 11) is 1.81. The molecule has 0 aliphatic carbocycles. The van der Waals surface area contributed by atoms with E-state index < -0.39 is 12.6 Å². The van der Waals surface area contributed by atoms with Crippen LogP contribution in [0, 0.1) is 0 Å². The van der Waals surface area contributed by atoms with Crippen LogP contribution in [0.25, 0.3) is 0 Å². The molecule has 0 fully saturated rings. The van der Waals surface area contributed by atoms with Crippen molar-refractivity contribution in [3.05, 3.63) is 12.0 Å². The van der Waals surface area contributed by atoms with Gasteiger partial charge in [0.15, 0.2) is 5.88 Å². The second-order valence-corrected chi connectivity index (χ2v) is 2.00. The van der Waals surface area contributed by atoms with E-state index in [0.717, 1.165) is 6.08 Å². The Balaban J connectivity index is 0. The highest BCUT2D eigenvalue weighted by Crippen LogP contribution is 1.91. The van der Waals surface area contributed by atoms with Crippen LogP contribution in [-0.2, 0) is 9.53 Å². The molecule has 15 heavy (non-hydrogen) atoms. The number of nitrogens with two attached hydrogens (primary N) is 1. The Hall–Kier alpha value is -1.66. The van der Waals surface area contributed by atoms with Crippen LogP contribution >= 0.6 is 0 Å². The summed E-state index contributed by atoms with van der Waals surface area (Å²) in [6, 6.07) is 0. The van der Waals surface area contributed by atoms with E-state index in [0.29, 0.717) is 7.18 Å². The predicted molar refractivity (Wildman–Crippen MR) is 52.2 cm³/mol. The predicted octanol–water partition coefficient (Wildman–Crippen LogP) is 0.514. The number of rotatable bonds is 5. The molecular weight excluding hydrogens is 210 g/mol. The molecule has 0 heterocycles. The second-order valence-electron chi connectivity index (χ2n) is 2.00. The van der Waals surface area contributed by atoms with Crippen molar-refractivity contribution in [3.63, 3.8) is 0 Å². The molecule has 5 nitrogen and oxygen atoms in total. The van der Waals surface area contributed by atoms with Gasteiger partial charge in [-0.2, -0.15) is 0 Å². The van der Waals surface area contributed by atoms with Crippen molar-refractivity contribution in [2.45, 2.75) is 0 Å². The fourth-order valence-corrected chi connectivity index (χ4v) is 0.555. The Morgan fingerprint density at radius 3 is 2.47 bits per heavy atom. The van der Waals surface area contributed by atoms with E-state index in [9.17, 15) is 13.6 Å². The first-order valence-corrected chi connectivity index (χ1v) is 3.85. The fraction of sp³-hybridized carbons (Fsp3) is 0.500. The van der Waals surface area contributed by atoms with E-state index in [4.69, 9.17) is 10.8 Å². The summed E-state index contributed by atoms with van der Waals surface area (Å²) in [5, 5.41) is 8.49. The molecule has 0 spiro atoms. The SMILES string of the molecule is CF.CN=C(/C=C(\N)OCCF)C(=O)O. The lowest BCUT2D eigenvalue weighted by atomic mass is 10.3. The Morgan fingerprint density at radius 2 is 2.13 bits per heavy atom. The smallest absolute Gasteiger partial charge is 0.354 e. The van der Waals surface area contributed by atoms with Gasteiger partial charge < -0.3 is 15.6 Å². The maximum Gasteiger partial charge on any atom is 0.354 e. The third kappa shape index (κ3) is 8.66. The second kappa shape index (κ2) is 10.4. The molecular formula is C8H14F2N2O3. The lowest BCUT2D eigenvalue weighted by Gasteiger charge is -2.02. The van der Waals surface area contributed by atoms with Gasteiger partial charge in [0, 0.05) is 13.1 Å². The Morgan fingerprint density at radius 1 is 1.60 bits per heavy atom. The van der Waals surface area contributed by atoms with Gasteiger partial charge in [0.1, 0.15) is 19.0 Å². The first-order chi connectivity index (χ1) is 7.11. The minimum Gasteiger partial charge on any atom is -0.477 e. The van der Waals surface area contributed by atoms with Crippen molar-refractivity contribution in [3.8, 4) is 0 Å². The largest absolute Gasteiger partial charge is 0.477 e. The van der Waals surface area contributed by atoms with Crippen LogP contribution in [0.15, 0.2) is 17.0 Å². The number of hydrogen-bond acceptors (Lipinski definition) is 4. The lowest BCUT2D eigenvalue weighted by molar-refractivity contribution is -0.129. The van der Waals surface area contributed by atoms with Gasteiger partial charge in [-0.1, -0.05) is 0 Å². The van der Waals surface area contributed by atoms with Crippen LogP contribution in [0.4, 0.5) is 8.78 Å². The van der Waals surface area contributed by atoms with Gasteiger partial charge in [-0.05, 0) is 0 Å². The number of ether oxygens (including phenoxy) is 1. The number of hydrogen-bond donors (Lipinski definition) is 2. The van der Waals surface area contributed by atoms with E-state index in [1.807, 2.05) is 0 Å². The molecule has 88 valence electrons. The number of aliphatic imine (C=N–C) groups is 1. The number of nitrogens with zero attached hydrogens (tertiary/aromatic N) is 1. The van der Waals surface area contributed by atoms with Crippen molar-refractivity contribution in [2.75, 3.05) is 27.5 Å². The van der Waals surface area contributed by atoms with Crippen LogP contribution in [0.1, 0.15) is 0 Å². The molecule has 0 amide bonds. The molecule has 3 N–H and O–H groups in total. The van der Waals surface area contributed by atoms with Crippen molar-refractivity contribution in [1.82, 2.24) is 0 Å². The standard InChI is InChI=1S/C7H11FN2O3.CH3F/c1-10-5(7(11)12)4-6(9)13-3-2-8;1-2/h4H,2-3,9H2,1H3,(H,11,12);1H3/b6-4+,10-5?;. The van der Waals surface area contributed by atoms with Crippen LogP contribution in [0.5, 0.6) is 0 Å². The molecule has 0 radical (unpaired) electrons. The Kier molecular flexibility index (Phi) is 11.0. The summed E-state index contributed by atoms with van der Waals surface area (Å²) < 4.78 is 25.7. The van der Waals surface area contributed by atoms with Gasteiger partial charge in [0.2, 0.25) is 0 Å². The van der Waals surface area contributed by atoms with Gasteiger partial charge >= 0.3 is 5.97 Å². The van der Waals surface area contributed by atoms with E-state index in [-0.39, 0.29) is 18.2 Å². The lowest BCUT2D eigenvalue weighted by Crippen LogP contribution is -2.14. The maximum absolute atomic E-state index is 11.6. The highest BCUT2D eigenvalue weighted by molar-refractivity contribution is 6.40. The number of carboxylic acids is 1. The molecule has 0 saturated carbocycles. The van der Waals surface area contributed by atoms with Crippen molar-refractivity contribution < 1.29 is 23.4 Å². The summed E-state index contributed by atoms with van der Waals surface area (Å²) in [6.45, 7) is -0.876. The summed E-state index contributed by atoms with van der Waals surface area (Å²) in [5.74, 6) is -1.38. The monoisotopic (exact) mass is 224 g/mol. The zero-order chi connectivity index (χ0) is 12.3. The minimum absolute atomic E-state index is 0.166. The third-order valence-electron chi connectivity index (χ3n) is 1.08. The van der Waals surface area contributed by atoms with Crippen LogP contribution in [0.3, 0.4) is 0 Å². The van der Waals surface area contributed by atoms with Gasteiger partial charge in [-0.15, -0.1) is 0 Å². The highest BCUT2D eigenvalue weighted by atomic mass is 19.1. The molecule has 0 aliphatic heterocycles.